The predicted octanol–water partition coefficient (Wildman–Crippen LogP) is 2.15. The summed E-state index contributed by atoms with van der Waals surface area (Å²) in [6.07, 6.45) is 0. The van der Waals surface area contributed by atoms with E-state index < -0.39 is 0 Å². The molecule has 0 aliphatic carbocycles. The third kappa shape index (κ3) is 2.81. The predicted molar refractivity (Wildman–Crippen MR) is 82.4 cm³/mol. The summed E-state index contributed by atoms with van der Waals surface area (Å²) in [6.45, 7) is 1.71. The van der Waals surface area contributed by atoms with E-state index in [-0.39, 0.29) is 5.91 Å². The summed E-state index contributed by atoms with van der Waals surface area (Å²) >= 11 is 0. The smallest absolute Gasteiger partial charge is 0.254 e. The summed E-state index contributed by atoms with van der Waals surface area (Å²) in [6, 6.07) is 15.5. The molecule has 0 radical (unpaired) electrons. The van der Waals surface area contributed by atoms with Crippen molar-refractivity contribution in [2.45, 2.75) is 13.1 Å². The van der Waals surface area contributed by atoms with E-state index in [2.05, 4.69) is 24.0 Å². The third-order valence-corrected chi connectivity index (χ3v) is 3.59. The average molecular weight is 276 g/mol. The molecular weight excluding hydrogens is 260 g/mol. The van der Waals surface area contributed by atoms with Crippen molar-refractivity contribution in [1.82, 2.24) is 4.90 Å². The van der Waals surface area contributed by atoms with E-state index in [1.54, 1.807) is 0 Å². The van der Waals surface area contributed by atoms with Gasteiger partial charge in [0.1, 0.15) is 0 Å². The lowest BCUT2D eigenvalue weighted by Gasteiger charge is -2.15. The first-order valence-corrected chi connectivity index (χ1v) is 6.93. The first kappa shape index (κ1) is 13.4. The largest absolute Gasteiger partial charge is 0.330 e. The van der Waals surface area contributed by atoms with E-state index in [0.717, 1.165) is 5.56 Å². The zero-order chi connectivity index (χ0) is 14.7. The van der Waals surface area contributed by atoms with E-state index in [4.69, 9.17) is 5.73 Å². The van der Waals surface area contributed by atoms with Crippen molar-refractivity contribution in [3.05, 3.63) is 70.8 Å². The minimum Gasteiger partial charge on any atom is -0.330 e. The van der Waals surface area contributed by atoms with Gasteiger partial charge in [-0.05, 0) is 35.4 Å². The Morgan fingerprint density at radius 3 is 2.24 bits per heavy atom. The van der Waals surface area contributed by atoms with Crippen LogP contribution in [0.4, 0.5) is 0 Å². The molecule has 21 heavy (non-hydrogen) atoms. The molecule has 3 rings (SSSR count). The number of hydrogen-bond donors (Lipinski definition) is 1. The standard InChI is InChI=1S/C18H16N2O/c19-11-3-4-14-7-9-15(10-8-14)18(21)20-12-16-5-1-2-6-17(16)13-20/h1-2,5-10H,11-13,19H2. The Morgan fingerprint density at radius 2 is 1.67 bits per heavy atom. The zero-order valence-corrected chi connectivity index (χ0v) is 11.7. The maximum atomic E-state index is 12.5. The summed E-state index contributed by atoms with van der Waals surface area (Å²) in [7, 11) is 0. The van der Waals surface area contributed by atoms with Gasteiger partial charge in [0, 0.05) is 24.2 Å². The molecule has 104 valence electrons. The highest BCUT2D eigenvalue weighted by Gasteiger charge is 2.23. The van der Waals surface area contributed by atoms with E-state index in [9.17, 15) is 4.79 Å². The number of carbonyl (C=O) groups is 1. The Morgan fingerprint density at radius 1 is 1.05 bits per heavy atom. The number of nitrogens with zero attached hydrogens (tertiary/aromatic N) is 1. The highest BCUT2D eigenvalue weighted by molar-refractivity contribution is 5.94. The van der Waals surface area contributed by atoms with Crippen LogP contribution in [0.2, 0.25) is 0 Å². The molecule has 0 spiro atoms. The molecular formula is C18H16N2O. The molecule has 0 atom stereocenters. The lowest BCUT2D eigenvalue weighted by molar-refractivity contribution is 0.0751. The fourth-order valence-electron chi connectivity index (χ4n) is 2.51. The minimum atomic E-state index is 0.0598. The van der Waals surface area contributed by atoms with Gasteiger partial charge in [0.25, 0.3) is 5.91 Å². The molecule has 3 nitrogen and oxygen atoms in total. The molecule has 1 amide bonds. The SMILES string of the molecule is NCC#Cc1ccc(C(=O)N2Cc3ccccc3C2)cc1. The second kappa shape index (κ2) is 5.82. The van der Waals surface area contributed by atoms with Gasteiger partial charge in [-0.2, -0.15) is 0 Å². The number of rotatable bonds is 1. The quantitative estimate of drug-likeness (QED) is 0.811. The molecule has 1 aliphatic heterocycles. The number of amides is 1. The molecule has 3 heteroatoms. The molecule has 2 aromatic rings. The van der Waals surface area contributed by atoms with Crippen molar-refractivity contribution in [3.8, 4) is 11.8 Å². The lowest BCUT2D eigenvalue weighted by atomic mass is 10.1. The number of fused-ring (bicyclic) bond motifs is 1. The van der Waals surface area contributed by atoms with Crippen LogP contribution in [0.1, 0.15) is 27.0 Å². The van der Waals surface area contributed by atoms with E-state index in [1.165, 1.54) is 11.1 Å². The first-order valence-electron chi connectivity index (χ1n) is 6.93. The second-order valence-electron chi connectivity index (χ2n) is 5.01. The summed E-state index contributed by atoms with van der Waals surface area (Å²) in [5.74, 6) is 5.82. The molecule has 1 heterocycles. The van der Waals surface area contributed by atoms with Crippen LogP contribution in [0.15, 0.2) is 48.5 Å². The Labute approximate surface area is 124 Å². The fourth-order valence-corrected chi connectivity index (χ4v) is 2.51. The highest BCUT2D eigenvalue weighted by atomic mass is 16.2. The summed E-state index contributed by atoms with van der Waals surface area (Å²) in [4.78, 5) is 14.4. The van der Waals surface area contributed by atoms with Gasteiger partial charge in [-0.3, -0.25) is 4.79 Å². The third-order valence-electron chi connectivity index (χ3n) is 3.59. The fraction of sp³-hybridized carbons (Fsp3) is 0.167. The van der Waals surface area contributed by atoms with Gasteiger partial charge in [-0.25, -0.2) is 0 Å². The van der Waals surface area contributed by atoms with Gasteiger partial charge in [0.2, 0.25) is 0 Å². The van der Waals surface area contributed by atoms with Gasteiger partial charge in [0.05, 0.1) is 6.54 Å². The van der Waals surface area contributed by atoms with Crippen molar-refractivity contribution >= 4 is 5.91 Å². The topological polar surface area (TPSA) is 46.3 Å². The van der Waals surface area contributed by atoms with Crippen LogP contribution in [0.25, 0.3) is 0 Å². The van der Waals surface area contributed by atoms with E-state index in [1.807, 2.05) is 41.3 Å². The molecule has 0 unspecified atom stereocenters. The van der Waals surface area contributed by atoms with Crippen molar-refractivity contribution in [2.24, 2.45) is 5.73 Å². The minimum absolute atomic E-state index is 0.0598. The molecule has 1 aliphatic rings. The molecule has 0 fully saturated rings. The van der Waals surface area contributed by atoms with Crippen LogP contribution in [0, 0.1) is 11.8 Å². The van der Waals surface area contributed by atoms with Gasteiger partial charge in [0.15, 0.2) is 0 Å². The monoisotopic (exact) mass is 276 g/mol. The Hall–Kier alpha value is -2.57. The number of hydrogen-bond acceptors (Lipinski definition) is 2. The highest BCUT2D eigenvalue weighted by Crippen LogP contribution is 2.23. The normalized spacial score (nSPS) is 12.5. The van der Waals surface area contributed by atoms with Crippen LogP contribution in [-0.4, -0.2) is 17.4 Å². The van der Waals surface area contributed by atoms with Crippen molar-refractivity contribution < 1.29 is 4.79 Å². The average Bonchev–Trinajstić information content (AvgIpc) is 2.96. The molecule has 0 bridgehead atoms. The number of benzene rings is 2. The second-order valence-corrected chi connectivity index (χ2v) is 5.01. The van der Waals surface area contributed by atoms with Gasteiger partial charge in [-0.1, -0.05) is 36.1 Å². The van der Waals surface area contributed by atoms with Gasteiger partial charge < -0.3 is 10.6 Å². The first-order chi connectivity index (χ1) is 10.3. The Kier molecular flexibility index (Phi) is 3.72. The maximum Gasteiger partial charge on any atom is 0.254 e. The molecule has 2 aromatic carbocycles. The summed E-state index contributed by atoms with van der Waals surface area (Å²) < 4.78 is 0. The maximum absolute atomic E-state index is 12.5. The van der Waals surface area contributed by atoms with Crippen LogP contribution in [-0.2, 0) is 13.1 Å². The van der Waals surface area contributed by atoms with E-state index in [0.29, 0.717) is 25.2 Å². The molecule has 0 saturated heterocycles. The van der Waals surface area contributed by atoms with Crippen LogP contribution < -0.4 is 5.73 Å². The molecule has 2 N–H and O–H groups in total. The number of carbonyl (C=O) groups excluding carboxylic acids is 1. The van der Waals surface area contributed by atoms with Crippen LogP contribution >= 0.6 is 0 Å². The number of nitrogens with two attached hydrogens (primary N) is 1. The van der Waals surface area contributed by atoms with Crippen molar-refractivity contribution in [2.75, 3.05) is 6.54 Å². The molecule has 0 aromatic heterocycles. The Balaban J connectivity index is 1.75. The summed E-state index contributed by atoms with van der Waals surface area (Å²) in [5.41, 5.74) is 9.38. The summed E-state index contributed by atoms with van der Waals surface area (Å²) in [5, 5.41) is 0. The van der Waals surface area contributed by atoms with Crippen LogP contribution in [0.5, 0.6) is 0 Å². The van der Waals surface area contributed by atoms with Gasteiger partial charge in [-0.15, -0.1) is 0 Å². The van der Waals surface area contributed by atoms with Crippen molar-refractivity contribution in [1.29, 1.82) is 0 Å². The zero-order valence-electron chi connectivity index (χ0n) is 11.7. The lowest BCUT2D eigenvalue weighted by Crippen LogP contribution is -2.25. The van der Waals surface area contributed by atoms with Crippen molar-refractivity contribution in [3.63, 3.8) is 0 Å². The van der Waals surface area contributed by atoms with Gasteiger partial charge >= 0.3 is 0 Å². The Bertz CT molecular complexity index is 698. The molecule has 0 saturated carbocycles. The van der Waals surface area contributed by atoms with E-state index >= 15 is 0 Å². The van der Waals surface area contributed by atoms with Crippen LogP contribution in [0.3, 0.4) is 0 Å².